The van der Waals surface area contributed by atoms with E-state index < -0.39 is 17.5 Å². The maximum Gasteiger partial charge on any atom is 0.299 e. The Kier molecular flexibility index (Phi) is 3.90. The van der Waals surface area contributed by atoms with Gasteiger partial charge in [0.05, 0.1) is 16.3 Å². The molecule has 1 heterocycles. The Morgan fingerprint density at radius 2 is 2.05 bits per heavy atom. The van der Waals surface area contributed by atoms with Crippen molar-refractivity contribution in [1.29, 1.82) is 0 Å². The van der Waals surface area contributed by atoms with E-state index in [1.165, 1.54) is 17.0 Å². The van der Waals surface area contributed by atoms with Gasteiger partial charge in [-0.3, -0.25) is 9.59 Å². The number of ketones is 1. The van der Waals surface area contributed by atoms with Crippen molar-refractivity contribution in [2.24, 2.45) is 5.92 Å². The normalized spacial score (nSPS) is 15.9. The van der Waals surface area contributed by atoms with E-state index in [4.69, 9.17) is 11.6 Å². The van der Waals surface area contributed by atoms with Gasteiger partial charge < -0.3 is 4.90 Å². The fourth-order valence-corrected chi connectivity index (χ4v) is 2.66. The number of nitrogens with zero attached hydrogens (tertiary/aromatic N) is 1. The average molecular weight is 284 g/mol. The lowest BCUT2D eigenvalue weighted by Crippen LogP contribution is -2.34. The third kappa shape index (κ3) is 2.37. The smallest absolute Gasteiger partial charge is 0.299 e. The van der Waals surface area contributed by atoms with Crippen LogP contribution in [0.25, 0.3) is 0 Å². The molecule has 3 nitrogen and oxygen atoms in total. The van der Waals surface area contributed by atoms with Crippen LogP contribution in [0.5, 0.6) is 0 Å². The second kappa shape index (κ2) is 5.29. The predicted octanol–water partition coefficient (Wildman–Crippen LogP) is 3.44. The first-order valence-electron chi connectivity index (χ1n) is 6.31. The number of hydrogen-bond acceptors (Lipinski definition) is 2. The highest BCUT2D eigenvalue weighted by molar-refractivity contribution is 6.55. The molecule has 19 heavy (non-hydrogen) atoms. The summed E-state index contributed by atoms with van der Waals surface area (Å²) in [6, 6.07) is 2.49. The summed E-state index contributed by atoms with van der Waals surface area (Å²) in [7, 11) is 0. The third-order valence-corrected chi connectivity index (χ3v) is 3.60. The molecular formula is C14H15ClFNO2. The highest BCUT2D eigenvalue weighted by Crippen LogP contribution is 2.37. The van der Waals surface area contributed by atoms with Crippen LogP contribution >= 0.6 is 11.6 Å². The van der Waals surface area contributed by atoms with Crippen LogP contribution in [0.3, 0.4) is 0 Å². The van der Waals surface area contributed by atoms with Crippen LogP contribution in [0.4, 0.5) is 10.1 Å². The molecule has 1 aliphatic rings. The summed E-state index contributed by atoms with van der Waals surface area (Å²) in [5, 5.41) is 0.125. The molecule has 5 heteroatoms. The number of benzene rings is 1. The Morgan fingerprint density at radius 3 is 2.68 bits per heavy atom. The Bertz CT molecular complexity index is 544. The minimum atomic E-state index is -0.719. The van der Waals surface area contributed by atoms with Gasteiger partial charge in [0.15, 0.2) is 0 Å². The average Bonchev–Trinajstić information content (AvgIpc) is 2.60. The second-order valence-corrected chi connectivity index (χ2v) is 5.30. The first kappa shape index (κ1) is 14.0. The van der Waals surface area contributed by atoms with Crippen molar-refractivity contribution in [2.75, 3.05) is 11.4 Å². The predicted molar refractivity (Wildman–Crippen MR) is 72.2 cm³/mol. The molecule has 0 N–H and O–H groups in total. The van der Waals surface area contributed by atoms with Crippen molar-refractivity contribution in [3.63, 3.8) is 0 Å². The summed E-state index contributed by atoms with van der Waals surface area (Å²) in [5.74, 6) is -1.79. The molecule has 1 unspecified atom stereocenters. The fourth-order valence-electron chi connectivity index (χ4n) is 2.42. The zero-order valence-corrected chi connectivity index (χ0v) is 11.6. The Labute approximate surface area is 116 Å². The third-order valence-electron chi connectivity index (χ3n) is 3.29. The molecule has 1 aliphatic heterocycles. The Balaban J connectivity index is 2.41. The van der Waals surface area contributed by atoms with Crippen LogP contribution in [0, 0.1) is 11.7 Å². The van der Waals surface area contributed by atoms with Gasteiger partial charge in [0, 0.05) is 6.54 Å². The van der Waals surface area contributed by atoms with E-state index in [2.05, 4.69) is 0 Å². The molecule has 1 amide bonds. The summed E-state index contributed by atoms with van der Waals surface area (Å²) in [6.07, 6.45) is 1.89. The fraction of sp³-hybridized carbons (Fsp3) is 0.429. The monoisotopic (exact) mass is 283 g/mol. The van der Waals surface area contributed by atoms with Crippen LogP contribution in [0.15, 0.2) is 12.1 Å². The van der Waals surface area contributed by atoms with Crippen LogP contribution in [0.1, 0.15) is 37.0 Å². The van der Waals surface area contributed by atoms with Crippen molar-refractivity contribution in [3.8, 4) is 0 Å². The van der Waals surface area contributed by atoms with Crippen molar-refractivity contribution < 1.29 is 14.0 Å². The molecule has 1 aromatic carbocycles. The number of Topliss-reactive ketones (excluding diaryl/α,β-unsaturated/α-hetero) is 1. The van der Waals surface area contributed by atoms with Crippen LogP contribution in [0.2, 0.25) is 5.02 Å². The van der Waals surface area contributed by atoms with E-state index >= 15 is 0 Å². The summed E-state index contributed by atoms with van der Waals surface area (Å²) in [4.78, 5) is 25.1. The first-order chi connectivity index (χ1) is 8.97. The lowest BCUT2D eigenvalue weighted by atomic mass is 10.1. The number of anilines is 1. The Hall–Kier alpha value is -1.42. The second-order valence-electron chi connectivity index (χ2n) is 4.89. The number of carbonyl (C=O) groups excluding carboxylic acids is 2. The van der Waals surface area contributed by atoms with E-state index in [1.807, 2.05) is 13.8 Å². The van der Waals surface area contributed by atoms with Gasteiger partial charge in [0.2, 0.25) is 0 Å². The number of amides is 1. The van der Waals surface area contributed by atoms with Gasteiger partial charge in [0.1, 0.15) is 5.82 Å². The van der Waals surface area contributed by atoms with Crippen molar-refractivity contribution in [2.45, 2.75) is 26.7 Å². The van der Waals surface area contributed by atoms with Crippen molar-refractivity contribution in [3.05, 3.63) is 28.5 Å². The molecule has 1 aromatic rings. The molecule has 2 rings (SSSR count). The summed E-state index contributed by atoms with van der Waals surface area (Å²) >= 11 is 5.90. The first-order valence-corrected chi connectivity index (χ1v) is 6.69. The van der Waals surface area contributed by atoms with Gasteiger partial charge in [-0.15, -0.1) is 0 Å². The highest BCUT2D eigenvalue weighted by atomic mass is 35.5. The molecule has 1 atom stereocenters. The molecule has 0 aromatic heterocycles. The molecule has 0 saturated heterocycles. The largest absolute Gasteiger partial charge is 0.302 e. The highest BCUT2D eigenvalue weighted by Gasteiger charge is 2.40. The number of rotatable bonds is 4. The quantitative estimate of drug-likeness (QED) is 0.794. The number of hydrogen-bond donors (Lipinski definition) is 0. The number of halogens is 2. The maximum atomic E-state index is 13.9. The topological polar surface area (TPSA) is 37.4 Å². The van der Waals surface area contributed by atoms with Gasteiger partial charge in [0.25, 0.3) is 11.7 Å². The molecule has 0 spiro atoms. The van der Waals surface area contributed by atoms with Gasteiger partial charge >= 0.3 is 0 Å². The zero-order valence-electron chi connectivity index (χ0n) is 10.9. The molecule has 0 fully saturated rings. The molecule has 102 valence electrons. The lowest BCUT2D eigenvalue weighted by molar-refractivity contribution is -0.114. The molecule has 0 saturated carbocycles. The molecule has 0 aliphatic carbocycles. The maximum absolute atomic E-state index is 13.9. The van der Waals surface area contributed by atoms with E-state index in [1.54, 1.807) is 0 Å². The van der Waals surface area contributed by atoms with Crippen molar-refractivity contribution in [1.82, 2.24) is 0 Å². The number of carbonyl (C=O) groups is 2. The molecule has 0 bridgehead atoms. The van der Waals surface area contributed by atoms with Gasteiger partial charge in [-0.1, -0.05) is 31.9 Å². The van der Waals surface area contributed by atoms with Gasteiger partial charge in [-0.2, -0.15) is 0 Å². The van der Waals surface area contributed by atoms with E-state index in [9.17, 15) is 14.0 Å². The summed E-state index contributed by atoms with van der Waals surface area (Å²) < 4.78 is 13.9. The van der Waals surface area contributed by atoms with E-state index in [0.29, 0.717) is 6.54 Å². The van der Waals surface area contributed by atoms with Crippen LogP contribution in [-0.4, -0.2) is 18.2 Å². The SMILES string of the molecule is CCCC(C)CN1C(=O)C(=O)c2c(Cl)ccc(F)c21. The number of fused-ring (bicyclic) bond motifs is 1. The zero-order chi connectivity index (χ0) is 14.2. The summed E-state index contributed by atoms with van der Waals surface area (Å²) in [6.45, 7) is 4.35. The standard InChI is InChI=1S/C14H15ClFNO2/c1-3-4-8(2)7-17-12-10(16)6-5-9(15)11(12)13(18)14(17)19/h5-6,8H,3-4,7H2,1-2H3. The van der Waals surface area contributed by atoms with Gasteiger partial charge in [-0.05, 0) is 24.5 Å². The van der Waals surface area contributed by atoms with Crippen LogP contribution < -0.4 is 4.90 Å². The minimum Gasteiger partial charge on any atom is -0.302 e. The summed E-state index contributed by atoms with van der Waals surface area (Å²) in [5.41, 5.74) is 0.0285. The van der Waals surface area contributed by atoms with E-state index in [0.717, 1.165) is 12.8 Å². The van der Waals surface area contributed by atoms with Crippen LogP contribution in [-0.2, 0) is 4.79 Å². The van der Waals surface area contributed by atoms with Crippen molar-refractivity contribution >= 4 is 29.0 Å². The minimum absolute atomic E-state index is 0.00429. The van der Waals surface area contributed by atoms with Gasteiger partial charge in [-0.25, -0.2) is 4.39 Å². The molecule has 0 radical (unpaired) electrons. The van der Waals surface area contributed by atoms with E-state index in [-0.39, 0.29) is 22.2 Å². The lowest BCUT2D eigenvalue weighted by Gasteiger charge is -2.21. The molecular weight excluding hydrogens is 269 g/mol. The Morgan fingerprint density at radius 1 is 1.37 bits per heavy atom.